The maximum atomic E-state index is 12.6. The van der Waals surface area contributed by atoms with E-state index >= 15 is 0 Å². The summed E-state index contributed by atoms with van der Waals surface area (Å²) in [5.41, 5.74) is 0.481. The second kappa shape index (κ2) is 10.4. The first kappa shape index (κ1) is 22.7. The van der Waals surface area contributed by atoms with Crippen molar-refractivity contribution < 1.29 is 38.4 Å². The largest absolute Gasteiger partial charge is 0.453 e. The first-order chi connectivity index (χ1) is 14.9. The van der Waals surface area contributed by atoms with E-state index in [0.717, 1.165) is 0 Å². The predicted octanol–water partition coefficient (Wildman–Crippen LogP) is 2.33. The van der Waals surface area contributed by atoms with Gasteiger partial charge in [0.2, 0.25) is 0 Å². The van der Waals surface area contributed by atoms with E-state index in [2.05, 4.69) is 0 Å². The molecular formula is C22H21ClO8. The first-order valence-electron chi connectivity index (χ1n) is 9.51. The molecule has 1 aliphatic rings. The van der Waals surface area contributed by atoms with E-state index < -0.39 is 54.5 Å². The Morgan fingerprint density at radius 1 is 0.839 bits per heavy atom. The molecule has 8 nitrogen and oxygen atoms in total. The van der Waals surface area contributed by atoms with Gasteiger partial charge in [0.25, 0.3) is 0 Å². The molecule has 0 amide bonds. The Morgan fingerprint density at radius 3 is 1.81 bits per heavy atom. The smallest absolute Gasteiger partial charge is 0.338 e. The van der Waals surface area contributed by atoms with Crippen molar-refractivity contribution in [1.29, 1.82) is 0 Å². The highest BCUT2D eigenvalue weighted by Gasteiger charge is 2.50. The molecule has 5 atom stereocenters. The van der Waals surface area contributed by atoms with E-state index in [1.54, 1.807) is 48.5 Å². The second-order valence-corrected chi connectivity index (χ2v) is 7.06. The molecule has 9 heteroatoms. The van der Waals surface area contributed by atoms with Gasteiger partial charge in [0.1, 0.15) is 5.88 Å². The van der Waals surface area contributed by atoms with Crippen LogP contribution >= 0.6 is 11.6 Å². The van der Waals surface area contributed by atoms with Gasteiger partial charge in [0.15, 0.2) is 24.6 Å². The highest BCUT2D eigenvalue weighted by atomic mass is 35.5. The molecule has 3 rings (SSSR count). The molecular weight excluding hydrogens is 428 g/mol. The predicted molar refractivity (Wildman–Crippen MR) is 108 cm³/mol. The molecule has 0 aliphatic carbocycles. The highest BCUT2D eigenvalue weighted by Crippen LogP contribution is 2.28. The topological polar surface area (TPSA) is 108 Å². The van der Waals surface area contributed by atoms with Gasteiger partial charge in [-0.2, -0.15) is 0 Å². The Balaban J connectivity index is 1.86. The Kier molecular flexibility index (Phi) is 7.62. The van der Waals surface area contributed by atoms with E-state index in [-0.39, 0.29) is 11.1 Å². The fourth-order valence-electron chi connectivity index (χ4n) is 3.13. The van der Waals surface area contributed by atoms with Crippen LogP contribution in [-0.2, 0) is 23.7 Å². The van der Waals surface area contributed by atoms with Crippen LogP contribution in [0.1, 0.15) is 27.6 Å². The molecule has 0 saturated carbocycles. The van der Waals surface area contributed by atoms with Crippen LogP contribution in [0.2, 0.25) is 0 Å². The van der Waals surface area contributed by atoms with E-state index in [0.29, 0.717) is 0 Å². The summed E-state index contributed by atoms with van der Waals surface area (Å²) in [7, 11) is 0. The van der Waals surface area contributed by atoms with Crippen molar-refractivity contribution in [3.8, 4) is 0 Å². The number of aliphatic hydroxyl groups is 1. The van der Waals surface area contributed by atoms with Gasteiger partial charge in [0.05, 0.1) is 17.2 Å². The average Bonchev–Trinajstić information content (AvgIpc) is 2.79. The maximum Gasteiger partial charge on any atom is 0.338 e. The number of hydrogen-bond donors (Lipinski definition) is 1. The van der Waals surface area contributed by atoms with Crippen LogP contribution < -0.4 is 0 Å². The summed E-state index contributed by atoms with van der Waals surface area (Å²) in [4.78, 5) is 37.0. The summed E-state index contributed by atoms with van der Waals surface area (Å²) in [6.45, 7) is 1.53. The number of ether oxygens (including phenoxy) is 4. The molecule has 0 bridgehead atoms. The van der Waals surface area contributed by atoms with E-state index in [9.17, 15) is 19.5 Å². The zero-order valence-electron chi connectivity index (χ0n) is 16.6. The lowest BCUT2D eigenvalue weighted by Gasteiger charge is -2.42. The lowest BCUT2D eigenvalue weighted by Crippen LogP contribution is -2.60. The third kappa shape index (κ3) is 5.61. The Hall–Kier alpha value is -2.94. The highest BCUT2D eigenvalue weighted by molar-refractivity contribution is 6.26. The average molecular weight is 449 g/mol. The molecule has 0 spiro atoms. The molecule has 1 saturated heterocycles. The van der Waals surface area contributed by atoms with Crippen LogP contribution in [0.3, 0.4) is 0 Å². The third-order valence-electron chi connectivity index (χ3n) is 4.63. The molecule has 1 N–H and O–H groups in total. The fourth-order valence-corrected chi connectivity index (χ4v) is 3.19. The van der Waals surface area contributed by atoms with Gasteiger partial charge >= 0.3 is 17.9 Å². The summed E-state index contributed by atoms with van der Waals surface area (Å²) in [6.07, 6.45) is -6.46. The van der Waals surface area contributed by atoms with Gasteiger partial charge in [-0.15, -0.1) is 11.6 Å². The van der Waals surface area contributed by atoms with Gasteiger partial charge in [-0.3, -0.25) is 4.79 Å². The van der Waals surface area contributed by atoms with Gasteiger partial charge in [0, 0.05) is 0 Å². The van der Waals surface area contributed by atoms with Gasteiger partial charge < -0.3 is 24.1 Å². The zero-order valence-corrected chi connectivity index (χ0v) is 17.3. The number of esters is 3. The van der Waals surface area contributed by atoms with Crippen LogP contribution in [0.15, 0.2) is 60.7 Å². The second-order valence-electron chi connectivity index (χ2n) is 6.79. The number of hydrogen-bond acceptors (Lipinski definition) is 8. The number of aliphatic hydroxyl groups excluding tert-OH is 1. The third-order valence-corrected chi connectivity index (χ3v) is 4.85. The number of alkyl halides is 1. The maximum absolute atomic E-state index is 12.6. The minimum absolute atomic E-state index is 0.216. The molecule has 164 valence electrons. The van der Waals surface area contributed by atoms with E-state index in [4.69, 9.17) is 30.5 Å². The molecule has 1 heterocycles. The Morgan fingerprint density at radius 2 is 1.32 bits per heavy atom. The number of carbonyl (C=O) groups is 3. The molecule has 0 radical (unpaired) electrons. The minimum atomic E-state index is -1.62. The number of carbonyl (C=O) groups excluding carboxylic acids is 3. The lowest BCUT2D eigenvalue weighted by molar-refractivity contribution is -0.279. The monoisotopic (exact) mass is 448 g/mol. The number of halogens is 1. The molecule has 1 fully saturated rings. The standard InChI is InChI=1S/C22H21ClO8/c1-13-17(30-20(25)14-8-4-2-5-9-14)18(29-16(24)12-23)19(22(27)28-13)31-21(26)15-10-6-3-7-11-15/h2-11,13,17-19,22,27H,12H2,1H3/t13-,17-,18+,19+,22+/m0/s1. The van der Waals surface area contributed by atoms with Gasteiger partial charge in [-0.1, -0.05) is 36.4 Å². The van der Waals surface area contributed by atoms with Crippen molar-refractivity contribution in [2.45, 2.75) is 37.6 Å². The Bertz CT molecular complexity index is 839. The van der Waals surface area contributed by atoms with Crippen LogP contribution in [0, 0.1) is 0 Å². The number of benzene rings is 2. The fraction of sp³-hybridized carbons (Fsp3) is 0.318. The van der Waals surface area contributed by atoms with Crippen molar-refractivity contribution in [2.24, 2.45) is 0 Å². The van der Waals surface area contributed by atoms with Gasteiger partial charge in [-0.25, -0.2) is 9.59 Å². The number of rotatable bonds is 6. The lowest BCUT2D eigenvalue weighted by atomic mass is 9.98. The van der Waals surface area contributed by atoms with Gasteiger partial charge in [-0.05, 0) is 31.2 Å². The minimum Gasteiger partial charge on any atom is -0.453 e. The summed E-state index contributed by atoms with van der Waals surface area (Å²) in [5, 5.41) is 10.4. The Labute approximate surface area is 183 Å². The van der Waals surface area contributed by atoms with E-state index in [1.165, 1.54) is 19.1 Å². The van der Waals surface area contributed by atoms with Crippen molar-refractivity contribution in [2.75, 3.05) is 5.88 Å². The normalized spacial score (nSPS) is 25.3. The quantitative estimate of drug-likeness (QED) is 0.407. The molecule has 0 unspecified atom stereocenters. The molecule has 2 aromatic rings. The van der Waals surface area contributed by atoms with Crippen LogP contribution in [0.25, 0.3) is 0 Å². The van der Waals surface area contributed by atoms with Crippen molar-refractivity contribution in [3.63, 3.8) is 0 Å². The van der Waals surface area contributed by atoms with Crippen molar-refractivity contribution >= 4 is 29.5 Å². The summed E-state index contributed by atoms with van der Waals surface area (Å²) in [6, 6.07) is 16.2. The van der Waals surface area contributed by atoms with Crippen LogP contribution in [0.5, 0.6) is 0 Å². The molecule has 0 aromatic heterocycles. The summed E-state index contributed by atoms with van der Waals surface area (Å²) in [5.74, 6) is -2.80. The summed E-state index contributed by atoms with van der Waals surface area (Å²) >= 11 is 5.56. The van der Waals surface area contributed by atoms with Crippen LogP contribution in [-0.4, -0.2) is 59.6 Å². The van der Waals surface area contributed by atoms with Crippen molar-refractivity contribution in [1.82, 2.24) is 0 Å². The molecule has 31 heavy (non-hydrogen) atoms. The zero-order chi connectivity index (χ0) is 22.4. The first-order valence-corrected chi connectivity index (χ1v) is 10.0. The SMILES string of the molecule is C[C@@H]1O[C@@H](O)[C@H](OC(=O)c2ccccc2)[C@H](OC(=O)CCl)[C@H]1OC(=O)c1ccccc1. The van der Waals surface area contributed by atoms with Crippen molar-refractivity contribution in [3.05, 3.63) is 71.8 Å². The van der Waals surface area contributed by atoms with Crippen LogP contribution in [0.4, 0.5) is 0 Å². The molecule has 2 aromatic carbocycles. The summed E-state index contributed by atoms with van der Waals surface area (Å²) < 4.78 is 21.6. The van der Waals surface area contributed by atoms with E-state index in [1.807, 2.05) is 0 Å². The molecule has 1 aliphatic heterocycles.